The van der Waals surface area contributed by atoms with Crippen molar-refractivity contribution in [2.75, 3.05) is 5.32 Å². The van der Waals surface area contributed by atoms with Crippen LogP contribution in [0.3, 0.4) is 0 Å². The van der Waals surface area contributed by atoms with Crippen molar-refractivity contribution >= 4 is 29.5 Å². The lowest BCUT2D eigenvalue weighted by Crippen LogP contribution is -2.13. The van der Waals surface area contributed by atoms with Crippen LogP contribution in [0.4, 0.5) is 14.5 Å². The van der Waals surface area contributed by atoms with Gasteiger partial charge in [-0.3, -0.25) is 9.59 Å². The molecule has 0 unspecified atom stereocenters. The van der Waals surface area contributed by atoms with Crippen LogP contribution in [0.15, 0.2) is 42.6 Å². The summed E-state index contributed by atoms with van der Waals surface area (Å²) in [6, 6.07) is 7.91. The molecule has 0 saturated carbocycles. The molecule has 0 atom stereocenters. The maximum absolute atomic E-state index is 13.8. The molecule has 5 nitrogen and oxygen atoms in total. The number of carbonyl (C=O) groups excluding carboxylic acids is 2. The van der Waals surface area contributed by atoms with Crippen molar-refractivity contribution in [3.8, 4) is 5.69 Å². The molecule has 3 aromatic rings. The minimum absolute atomic E-state index is 0.103. The number of anilines is 1. The number of halogens is 3. The van der Waals surface area contributed by atoms with Crippen molar-refractivity contribution in [1.82, 2.24) is 9.78 Å². The van der Waals surface area contributed by atoms with Crippen LogP contribution in [0.2, 0.25) is 5.02 Å². The smallest absolute Gasteiger partial charge is 0.259 e. The van der Waals surface area contributed by atoms with Gasteiger partial charge in [-0.15, -0.1) is 0 Å². The fourth-order valence-electron chi connectivity index (χ4n) is 2.38. The van der Waals surface area contributed by atoms with Crippen molar-refractivity contribution in [3.63, 3.8) is 0 Å². The van der Waals surface area contributed by atoms with Gasteiger partial charge < -0.3 is 5.32 Å². The fourth-order valence-corrected chi connectivity index (χ4v) is 2.63. The lowest BCUT2D eigenvalue weighted by atomic mass is 10.2. The molecular weight excluding hydrogens is 364 g/mol. The Bertz CT molecular complexity index is 977. The second-order valence-corrected chi connectivity index (χ2v) is 5.88. The van der Waals surface area contributed by atoms with Crippen LogP contribution < -0.4 is 5.32 Å². The van der Waals surface area contributed by atoms with Gasteiger partial charge in [-0.05, 0) is 43.3 Å². The summed E-state index contributed by atoms with van der Waals surface area (Å²) in [6.45, 7) is 1.64. The van der Waals surface area contributed by atoms with E-state index in [9.17, 15) is 18.4 Å². The van der Waals surface area contributed by atoms with E-state index in [1.807, 2.05) is 0 Å². The van der Waals surface area contributed by atoms with Crippen LogP contribution in [0.5, 0.6) is 0 Å². The molecule has 0 aliphatic heterocycles. The first-order valence-electron chi connectivity index (χ1n) is 7.47. The van der Waals surface area contributed by atoms with Crippen molar-refractivity contribution in [2.24, 2.45) is 0 Å². The predicted molar refractivity (Wildman–Crippen MR) is 93.0 cm³/mol. The van der Waals surface area contributed by atoms with E-state index in [2.05, 4.69) is 10.4 Å². The Hall–Kier alpha value is -3.06. The average Bonchev–Trinajstić information content (AvgIpc) is 2.97. The summed E-state index contributed by atoms with van der Waals surface area (Å²) in [6.07, 6.45) is 1.79. The Kier molecular flexibility index (Phi) is 4.81. The Labute approximate surface area is 152 Å². The van der Waals surface area contributed by atoms with Gasteiger partial charge >= 0.3 is 0 Å². The maximum atomic E-state index is 13.8. The standard InChI is InChI=1S/C18H12ClF2N3O2/c1-10-14(8-24(23-10)13-4-2-11(20)3-5-13)18(26)22-12-6-16(19)15(9-25)17(21)7-12/h2-9H,1H3,(H,22,26). The van der Waals surface area contributed by atoms with Gasteiger partial charge in [0.1, 0.15) is 11.6 Å². The number of hydrogen-bond acceptors (Lipinski definition) is 3. The molecule has 0 saturated heterocycles. The summed E-state index contributed by atoms with van der Waals surface area (Å²) >= 11 is 5.82. The second kappa shape index (κ2) is 7.05. The van der Waals surface area contributed by atoms with E-state index in [4.69, 9.17) is 11.6 Å². The Morgan fingerprint density at radius 1 is 1.23 bits per heavy atom. The summed E-state index contributed by atoms with van der Waals surface area (Å²) in [5.74, 6) is -1.74. The molecule has 0 radical (unpaired) electrons. The molecule has 1 N–H and O–H groups in total. The first-order valence-corrected chi connectivity index (χ1v) is 7.84. The highest BCUT2D eigenvalue weighted by Crippen LogP contribution is 2.24. The molecular formula is C18H12ClF2N3O2. The van der Waals surface area contributed by atoms with E-state index in [1.54, 1.807) is 6.92 Å². The number of aryl methyl sites for hydroxylation is 1. The SMILES string of the molecule is Cc1nn(-c2ccc(F)cc2)cc1C(=O)Nc1cc(F)c(C=O)c(Cl)c1. The fraction of sp³-hybridized carbons (Fsp3) is 0.0556. The number of aromatic nitrogens is 2. The molecule has 132 valence electrons. The van der Waals surface area contributed by atoms with Gasteiger partial charge in [0, 0.05) is 11.9 Å². The van der Waals surface area contributed by atoms with Crippen molar-refractivity contribution in [2.45, 2.75) is 6.92 Å². The van der Waals surface area contributed by atoms with Gasteiger partial charge in [0.15, 0.2) is 6.29 Å². The number of nitrogens with zero attached hydrogens (tertiary/aromatic N) is 2. The highest BCUT2D eigenvalue weighted by Gasteiger charge is 2.16. The highest BCUT2D eigenvalue weighted by molar-refractivity contribution is 6.33. The van der Waals surface area contributed by atoms with Crippen LogP contribution in [0, 0.1) is 18.6 Å². The summed E-state index contributed by atoms with van der Waals surface area (Å²) in [5, 5.41) is 6.63. The summed E-state index contributed by atoms with van der Waals surface area (Å²) in [4.78, 5) is 23.2. The number of benzene rings is 2. The van der Waals surface area contributed by atoms with Gasteiger partial charge in [0.05, 0.1) is 27.5 Å². The van der Waals surface area contributed by atoms with Gasteiger partial charge in [-0.1, -0.05) is 11.6 Å². The average molecular weight is 376 g/mol. The van der Waals surface area contributed by atoms with E-state index in [0.29, 0.717) is 17.7 Å². The summed E-state index contributed by atoms with van der Waals surface area (Å²) in [5.41, 5.74) is 1.10. The van der Waals surface area contributed by atoms with Crippen LogP contribution in [-0.2, 0) is 0 Å². The molecule has 1 heterocycles. The van der Waals surface area contributed by atoms with Crippen molar-refractivity contribution < 1.29 is 18.4 Å². The number of amides is 1. The maximum Gasteiger partial charge on any atom is 0.259 e. The highest BCUT2D eigenvalue weighted by atomic mass is 35.5. The van der Waals surface area contributed by atoms with E-state index in [-0.39, 0.29) is 27.7 Å². The quantitative estimate of drug-likeness (QED) is 0.696. The van der Waals surface area contributed by atoms with E-state index >= 15 is 0 Å². The zero-order valence-electron chi connectivity index (χ0n) is 13.5. The molecule has 1 amide bonds. The molecule has 3 rings (SSSR count). The minimum atomic E-state index is -0.832. The summed E-state index contributed by atoms with van der Waals surface area (Å²) < 4.78 is 28.2. The van der Waals surface area contributed by atoms with Crippen LogP contribution in [-0.4, -0.2) is 22.0 Å². The van der Waals surface area contributed by atoms with Crippen LogP contribution in [0.25, 0.3) is 5.69 Å². The minimum Gasteiger partial charge on any atom is -0.322 e. The predicted octanol–water partition coefficient (Wildman–Crippen LogP) is 4.18. The molecule has 26 heavy (non-hydrogen) atoms. The van der Waals surface area contributed by atoms with Gasteiger partial charge in [-0.2, -0.15) is 5.10 Å². The van der Waals surface area contributed by atoms with E-state index in [1.165, 1.54) is 41.2 Å². The molecule has 0 aliphatic rings. The molecule has 0 bridgehead atoms. The molecule has 8 heteroatoms. The molecule has 1 aromatic heterocycles. The van der Waals surface area contributed by atoms with Gasteiger partial charge in [0.25, 0.3) is 5.91 Å². The lowest BCUT2D eigenvalue weighted by molar-refractivity contribution is 0.102. The number of rotatable bonds is 4. The molecule has 2 aromatic carbocycles. The summed E-state index contributed by atoms with van der Waals surface area (Å²) in [7, 11) is 0. The monoisotopic (exact) mass is 375 g/mol. The van der Waals surface area contributed by atoms with E-state index in [0.717, 1.165) is 6.07 Å². The first kappa shape index (κ1) is 17.8. The van der Waals surface area contributed by atoms with Crippen LogP contribution in [0.1, 0.15) is 26.4 Å². The third kappa shape index (κ3) is 3.48. The molecule has 0 aliphatic carbocycles. The first-order chi connectivity index (χ1) is 12.4. The zero-order chi connectivity index (χ0) is 18.8. The normalized spacial score (nSPS) is 10.6. The Morgan fingerprint density at radius 2 is 1.92 bits per heavy atom. The van der Waals surface area contributed by atoms with Gasteiger partial charge in [-0.25, -0.2) is 13.5 Å². The molecule has 0 fully saturated rings. The van der Waals surface area contributed by atoms with Gasteiger partial charge in [0.2, 0.25) is 0 Å². The number of carbonyl (C=O) groups is 2. The topological polar surface area (TPSA) is 64.0 Å². The lowest BCUT2D eigenvalue weighted by Gasteiger charge is -2.07. The zero-order valence-corrected chi connectivity index (χ0v) is 14.2. The Balaban J connectivity index is 1.87. The van der Waals surface area contributed by atoms with Crippen molar-refractivity contribution in [1.29, 1.82) is 0 Å². The van der Waals surface area contributed by atoms with Crippen LogP contribution >= 0.6 is 11.6 Å². The number of nitrogens with one attached hydrogen (secondary N) is 1. The largest absolute Gasteiger partial charge is 0.322 e. The number of aldehydes is 1. The van der Waals surface area contributed by atoms with E-state index < -0.39 is 11.7 Å². The third-order valence-electron chi connectivity index (χ3n) is 3.69. The number of hydrogen-bond donors (Lipinski definition) is 1. The Morgan fingerprint density at radius 3 is 2.54 bits per heavy atom. The second-order valence-electron chi connectivity index (χ2n) is 5.47. The molecule has 0 spiro atoms. The third-order valence-corrected chi connectivity index (χ3v) is 4.00. The van der Waals surface area contributed by atoms with Crippen molar-refractivity contribution in [3.05, 3.63) is 76.1 Å².